The molecule has 32 heavy (non-hydrogen) atoms. The Morgan fingerprint density at radius 3 is 2.50 bits per heavy atom. The highest BCUT2D eigenvalue weighted by Gasteiger charge is 2.30. The number of halogens is 2. The Hall–Kier alpha value is -2.39. The predicted molar refractivity (Wildman–Crippen MR) is 122 cm³/mol. The van der Waals surface area contributed by atoms with Crippen molar-refractivity contribution >= 4 is 39.1 Å². The van der Waals surface area contributed by atoms with Crippen LogP contribution in [0.2, 0.25) is 10.0 Å². The smallest absolute Gasteiger partial charge is 0.243 e. The first kappa shape index (κ1) is 22.8. The largest absolute Gasteiger partial charge is 0.441 e. The van der Waals surface area contributed by atoms with Crippen LogP contribution in [0.3, 0.4) is 0 Å². The van der Waals surface area contributed by atoms with Crippen molar-refractivity contribution in [2.45, 2.75) is 17.7 Å². The average Bonchev–Trinajstić information content (AvgIpc) is 3.26. The molecular formula is C22H21Cl2N3O4S. The van der Waals surface area contributed by atoms with Gasteiger partial charge in [0.25, 0.3) is 0 Å². The molecule has 4 rings (SSSR count). The topological polar surface area (TPSA) is 83.7 Å². The van der Waals surface area contributed by atoms with E-state index in [0.29, 0.717) is 41.2 Å². The molecule has 1 amide bonds. The van der Waals surface area contributed by atoms with Crippen LogP contribution < -0.4 is 0 Å². The molecule has 0 aliphatic carbocycles. The summed E-state index contributed by atoms with van der Waals surface area (Å²) in [5.41, 5.74) is 0.747. The van der Waals surface area contributed by atoms with Crippen LogP contribution in [0.15, 0.2) is 64.0 Å². The molecular weight excluding hydrogens is 473 g/mol. The van der Waals surface area contributed by atoms with Crippen LogP contribution in [0.5, 0.6) is 0 Å². The van der Waals surface area contributed by atoms with Gasteiger partial charge < -0.3 is 9.32 Å². The third-order valence-electron chi connectivity index (χ3n) is 5.27. The molecule has 1 aliphatic rings. The number of nitrogens with zero attached hydrogens (tertiary/aromatic N) is 3. The molecule has 0 atom stereocenters. The molecule has 1 fully saturated rings. The SMILES string of the molecule is O=C(CCc1ncc(-c2ccccc2Cl)o1)N1CCN(S(=O)(=O)c2cccc(Cl)c2)CC1. The van der Waals surface area contributed by atoms with Gasteiger partial charge in [-0.1, -0.05) is 41.4 Å². The summed E-state index contributed by atoms with van der Waals surface area (Å²) in [7, 11) is -3.64. The average molecular weight is 494 g/mol. The van der Waals surface area contributed by atoms with E-state index in [1.54, 1.807) is 29.3 Å². The maximum atomic E-state index is 12.8. The Morgan fingerprint density at radius 1 is 1.03 bits per heavy atom. The molecule has 0 N–H and O–H groups in total. The van der Waals surface area contributed by atoms with Crippen molar-refractivity contribution in [3.05, 3.63) is 70.7 Å². The van der Waals surface area contributed by atoms with Crippen molar-refractivity contribution in [3.8, 4) is 11.3 Å². The number of hydrogen-bond acceptors (Lipinski definition) is 5. The highest BCUT2D eigenvalue weighted by atomic mass is 35.5. The minimum atomic E-state index is -3.64. The van der Waals surface area contributed by atoms with Gasteiger partial charge in [-0.3, -0.25) is 4.79 Å². The molecule has 3 aromatic rings. The number of carbonyl (C=O) groups excluding carboxylic acids is 1. The fraction of sp³-hybridized carbons (Fsp3) is 0.273. The zero-order valence-corrected chi connectivity index (χ0v) is 19.4. The fourth-order valence-corrected chi connectivity index (χ4v) is 5.49. The molecule has 1 aliphatic heterocycles. The van der Waals surface area contributed by atoms with Crippen LogP contribution in [0.1, 0.15) is 12.3 Å². The van der Waals surface area contributed by atoms with Gasteiger partial charge in [0.05, 0.1) is 16.1 Å². The highest BCUT2D eigenvalue weighted by Crippen LogP contribution is 2.28. The standard InChI is InChI=1S/C22H21Cl2N3O4S/c23-16-4-3-5-17(14-16)32(29,30)27-12-10-26(11-13-27)22(28)9-8-21-25-15-20(31-21)18-6-1-2-7-19(18)24/h1-7,14-15H,8-13H2. The number of rotatable bonds is 6. The number of oxazole rings is 1. The van der Waals surface area contributed by atoms with E-state index in [9.17, 15) is 13.2 Å². The van der Waals surface area contributed by atoms with Crippen molar-refractivity contribution < 1.29 is 17.6 Å². The zero-order chi connectivity index (χ0) is 22.7. The van der Waals surface area contributed by atoms with Gasteiger partial charge in [0.1, 0.15) is 0 Å². The Morgan fingerprint density at radius 2 is 1.78 bits per heavy atom. The second kappa shape index (κ2) is 9.62. The van der Waals surface area contributed by atoms with Gasteiger partial charge in [-0.2, -0.15) is 4.31 Å². The van der Waals surface area contributed by atoms with Crippen molar-refractivity contribution in [1.82, 2.24) is 14.2 Å². The van der Waals surface area contributed by atoms with E-state index >= 15 is 0 Å². The minimum Gasteiger partial charge on any atom is -0.441 e. The first-order valence-electron chi connectivity index (χ1n) is 10.1. The summed E-state index contributed by atoms with van der Waals surface area (Å²) >= 11 is 12.1. The third-order valence-corrected chi connectivity index (χ3v) is 7.73. The van der Waals surface area contributed by atoms with Crippen molar-refractivity contribution in [3.63, 3.8) is 0 Å². The number of hydrogen-bond donors (Lipinski definition) is 0. The van der Waals surface area contributed by atoms with Crippen LogP contribution in [0, 0.1) is 0 Å². The molecule has 2 aromatic carbocycles. The Balaban J connectivity index is 1.31. The fourth-order valence-electron chi connectivity index (χ4n) is 3.54. The van der Waals surface area contributed by atoms with Crippen LogP contribution in [-0.4, -0.2) is 54.7 Å². The molecule has 10 heteroatoms. The predicted octanol–water partition coefficient (Wildman–Crippen LogP) is 4.11. The van der Waals surface area contributed by atoms with E-state index < -0.39 is 10.0 Å². The molecule has 7 nitrogen and oxygen atoms in total. The molecule has 1 aromatic heterocycles. The number of benzene rings is 2. The Labute approximate surface area is 196 Å². The zero-order valence-electron chi connectivity index (χ0n) is 17.1. The number of aromatic nitrogens is 1. The molecule has 0 unspecified atom stereocenters. The van der Waals surface area contributed by atoms with Gasteiger partial charge in [0.2, 0.25) is 15.9 Å². The first-order valence-corrected chi connectivity index (χ1v) is 12.3. The lowest BCUT2D eigenvalue weighted by molar-refractivity contribution is -0.132. The lowest BCUT2D eigenvalue weighted by atomic mass is 10.2. The summed E-state index contributed by atoms with van der Waals surface area (Å²) in [5, 5.41) is 0.931. The number of amides is 1. The quantitative estimate of drug-likeness (QED) is 0.515. The number of sulfonamides is 1. The normalized spacial score (nSPS) is 15.1. The lowest BCUT2D eigenvalue weighted by Crippen LogP contribution is -2.50. The van der Waals surface area contributed by atoms with Crippen LogP contribution in [-0.2, 0) is 21.2 Å². The minimum absolute atomic E-state index is 0.0673. The van der Waals surface area contributed by atoms with Crippen molar-refractivity contribution in [2.75, 3.05) is 26.2 Å². The van der Waals surface area contributed by atoms with Crippen molar-refractivity contribution in [2.24, 2.45) is 0 Å². The van der Waals surface area contributed by atoms with Gasteiger partial charge >= 0.3 is 0 Å². The summed E-state index contributed by atoms with van der Waals surface area (Å²) in [6, 6.07) is 13.5. The molecule has 1 saturated heterocycles. The van der Waals surface area contributed by atoms with Gasteiger partial charge in [0.15, 0.2) is 11.7 Å². The number of carbonyl (C=O) groups is 1. The van der Waals surface area contributed by atoms with Gasteiger partial charge in [-0.15, -0.1) is 0 Å². The lowest BCUT2D eigenvalue weighted by Gasteiger charge is -2.34. The maximum absolute atomic E-state index is 12.8. The Bertz CT molecular complexity index is 1220. The number of aryl methyl sites for hydroxylation is 1. The summed E-state index contributed by atoms with van der Waals surface area (Å²) in [4.78, 5) is 18.7. The molecule has 0 bridgehead atoms. The summed E-state index contributed by atoms with van der Waals surface area (Å²) in [6.07, 6.45) is 2.17. The summed E-state index contributed by atoms with van der Waals surface area (Å²) < 4.78 is 32.7. The second-order valence-electron chi connectivity index (χ2n) is 7.34. The van der Waals surface area contributed by atoms with Crippen LogP contribution in [0.25, 0.3) is 11.3 Å². The van der Waals surface area contributed by atoms with E-state index in [4.69, 9.17) is 27.6 Å². The van der Waals surface area contributed by atoms with E-state index in [-0.39, 0.29) is 30.3 Å². The molecule has 168 valence electrons. The van der Waals surface area contributed by atoms with Gasteiger partial charge in [0, 0.05) is 49.6 Å². The van der Waals surface area contributed by atoms with E-state index in [1.165, 1.54) is 16.4 Å². The van der Waals surface area contributed by atoms with Crippen molar-refractivity contribution in [1.29, 1.82) is 0 Å². The monoisotopic (exact) mass is 493 g/mol. The molecule has 0 spiro atoms. The Kier molecular flexibility index (Phi) is 6.85. The third kappa shape index (κ3) is 4.99. The second-order valence-corrected chi connectivity index (χ2v) is 10.1. The van der Waals surface area contributed by atoms with E-state index in [0.717, 1.165) is 5.56 Å². The molecule has 0 saturated carbocycles. The molecule has 2 heterocycles. The van der Waals surface area contributed by atoms with Crippen LogP contribution in [0.4, 0.5) is 0 Å². The summed E-state index contributed by atoms with van der Waals surface area (Å²) in [6.45, 7) is 1.12. The summed E-state index contributed by atoms with van der Waals surface area (Å²) in [5.74, 6) is 0.940. The maximum Gasteiger partial charge on any atom is 0.243 e. The van der Waals surface area contributed by atoms with E-state index in [2.05, 4.69) is 4.98 Å². The van der Waals surface area contributed by atoms with E-state index in [1.807, 2.05) is 18.2 Å². The molecule has 0 radical (unpaired) electrons. The highest BCUT2D eigenvalue weighted by molar-refractivity contribution is 7.89. The first-order chi connectivity index (χ1) is 15.3. The van der Waals surface area contributed by atoms with Gasteiger partial charge in [-0.05, 0) is 30.3 Å². The van der Waals surface area contributed by atoms with Crippen LogP contribution >= 0.6 is 23.2 Å². The van der Waals surface area contributed by atoms with Gasteiger partial charge in [-0.25, -0.2) is 13.4 Å². The number of piperazine rings is 1.